The highest BCUT2D eigenvalue weighted by Gasteiger charge is 2.07. The number of aromatic nitrogens is 3. The number of halogens is 1. The molecule has 3 rings (SSSR count). The van der Waals surface area contributed by atoms with E-state index in [1.807, 2.05) is 19.1 Å². The third-order valence-corrected chi connectivity index (χ3v) is 3.29. The molecule has 1 aromatic carbocycles. The molecule has 0 spiro atoms. The molecule has 0 aliphatic rings. The van der Waals surface area contributed by atoms with Crippen molar-refractivity contribution in [1.29, 1.82) is 0 Å². The van der Waals surface area contributed by atoms with Gasteiger partial charge in [0.15, 0.2) is 0 Å². The fraction of sp³-hybridized carbons (Fsp3) is 0.154. The molecule has 19 heavy (non-hydrogen) atoms. The molecular formula is C13H10BrN3O2. The molecule has 0 radical (unpaired) electrons. The van der Waals surface area contributed by atoms with Gasteiger partial charge in [-0.15, -0.1) is 0 Å². The van der Waals surface area contributed by atoms with E-state index < -0.39 is 0 Å². The lowest BCUT2D eigenvalue weighted by Gasteiger charge is -2.04. The Hall–Kier alpha value is -1.95. The van der Waals surface area contributed by atoms with Crippen molar-refractivity contribution in [2.75, 3.05) is 0 Å². The van der Waals surface area contributed by atoms with Crippen LogP contribution < -0.4 is 5.56 Å². The van der Waals surface area contributed by atoms with Crippen LogP contribution in [0.25, 0.3) is 10.9 Å². The lowest BCUT2D eigenvalue weighted by atomic mass is 10.2. The van der Waals surface area contributed by atoms with Crippen LogP contribution in [0, 0.1) is 6.92 Å². The number of aryl methyl sites for hydroxylation is 1. The molecular weight excluding hydrogens is 310 g/mol. The Morgan fingerprint density at radius 3 is 2.95 bits per heavy atom. The van der Waals surface area contributed by atoms with Gasteiger partial charge in [0, 0.05) is 10.5 Å². The summed E-state index contributed by atoms with van der Waals surface area (Å²) in [7, 11) is 0. The van der Waals surface area contributed by atoms with Crippen molar-refractivity contribution in [1.82, 2.24) is 14.7 Å². The Balaban J connectivity index is 2.09. The molecule has 0 atom stereocenters. The third kappa shape index (κ3) is 2.31. The van der Waals surface area contributed by atoms with E-state index in [-0.39, 0.29) is 5.56 Å². The number of nitrogens with zero attached hydrogens (tertiary/aromatic N) is 3. The van der Waals surface area contributed by atoms with E-state index in [0.29, 0.717) is 23.1 Å². The second kappa shape index (κ2) is 4.62. The summed E-state index contributed by atoms with van der Waals surface area (Å²) in [6.07, 6.45) is 1.53. The molecule has 0 amide bonds. The second-order valence-corrected chi connectivity index (χ2v) is 5.18. The van der Waals surface area contributed by atoms with Crippen molar-refractivity contribution < 1.29 is 4.52 Å². The minimum Gasteiger partial charge on any atom is -0.361 e. The van der Waals surface area contributed by atoms with Crippen molar-refractivity contribution in [2.45, 2.75) is 13.5 Å². The first-order valence-electron chi connectivity index (χ1n) is 5.70. The van der Waals surface area contributed by atoms with E-state index in [1.54, 1.807) is 12.1 Å². The minimum atomic E-state index is -0.0908. The zero-order valence-corrected chi connectivity index (χ0v) is 11.7. The van der Waals surface area contributed by atoms with Gasteiger partial charge in [0.2, 0.25) is 0 Å². The standard InChI is InChI=1S/C13H10BrN3O2/c1-8-4-10(16-19-8)6-17-7-15-12-3-2-9(14)5-11(12)13(17)18/h2-5,7H,6H2,1H3. The molecule has 6 heteroatoms. The molecule has 2 heterocycles. The third-order valence-electron chi connectivity index (χ3n) is 2.80. The molecule has 0 saturated heterocycles. The molecule has 2 aromatic heterocycles. The van der Waals surface area contributed by atoms with E-state index in [0.717, 1.165) is 10.2 Å². The monoisotopic (exact) mass is 319 g/mol. The number of hydrogen-bond acceptors (Lipinski definition) is 4. The highest BCUT2D eigenvalue weighted by molar-refractivity contribution is 9.10. The fourth-order valence-electron chi connectivity index (χ4n) is 1.91. The zero-order valence-electron chi connectivity index (χ0n) is 10.1. The summed E-state index contributed by atoms with van der Waals surface area (Å²) >= 11 is 3.36. The first kappa shape index (κ1) is 12.1. The summed E-state index contributed by atoms with van der Waals surface area (Å²) in [5.74, 6) is 0.722. The smallest absolute Gasteiger partial charge is 0.261 e. The molecule has 0 aliphatic carbocycles. The summed E-state index contributed by atoms with van der Waals surface area (Å²) < 4.78 is 7.37. The van der Waals surface area contributed by atoms with Crippen LogP contribution in [0.4, 0.5) is 0 Å². The van der Waals surface area contributed by atoms with Gasteiger partial charge in [0.25, 0.3) is 5.56 Å². The van der Waals surface area contributed by atoms with E-state index >= 15 is 0 Å². The molecule has 0 fully saturated rings. The van der Waals surface area contributed by atoms with Crippen LogP contribution in [0.3, 0.4) is 0 Å². The summed E-state index contributed by atoms with van der Waals surface area (Å²) in [5, 5.41) is 4.46. The summed E-state index contributed by atoms with van der Waals surface area (Å²) in [5.41, 5.74) is 1.29. The van der Waals surface area contributed by atoms with Crippen LogP contribution in [0.5, 0.6) is 0 Å². The Labute approximate surface area is 117 Å². The summed E-state index contributed by atoms with van der Waals surface area (Å²) in [6.45, 7) is 2.17. The largest absolute Gasteiger partial charge is 0.361 e. The van der Waals surface area contributed by atoms with Gasteiger partial charge in [-0.2, -0.15) is 0 Å². The Morgan fingerprint density at radius 1 is 1.37 bits per heavy atom. The minimum absolute atomic E-state index is 0.0908. The van der Waals surface area contributed by atoms with Crippen molar-refractivity contribution in [3.63, 3.8) is 0 Å². The van der Waals surface area contributed by atoms with Crippen LogP contribution in [0.15, 0.2) is 44.4 Å². The van der Waals surface area contributed by atoms with Crippen molar-refractivity contribution >= 4 is 26.8 Å². The SMILES string of the molecule is Cc1cc(Cn2cnc3ccc(Br)cc3c2=O)no1. The van der Waals surface area contributed by atoms with Crippen LogP contribution in [0.2, 0.25) is 0 Å². The first-order valence-corrected chi connectivity index (χ1v) is 6.50. The van der Waals surface area contributed by atoms with Gasteiger partial charge in [-0.1, -0.05) is 21.1 Å². The maximum atomic E-state index is 12.3. The quantitative estimate of drug-likeness (QED) is 0.728. The Morgan fingerprint density at radius 2 is 2.21 bits per heavy atom. The van der Waals surface area contributed by atoms with Gasteiger partial charge < -0.3 is 4.52 Å². The normalized spacial score (nSPS) is 11.1. The van der Waals surface area contributed by atoms with Crippen LogP contribution in [-0.4, -0.2) is 14.7 Å². The fourth-order valence-corrected chi connectivity index (χ4v) is 2.27. The Bertz CT molecular complexity index is 807. The van der Waals surface area contributed by atoms with Crippen molar-refractivity contribution in [3.8, 4) is 0 Å². The van der Waals surface area contributed by atoms with Gasteiger partial charge >= 0.3 is 0 Å². The van der Waals surface area contributed by atoms with Gasteiger partial charge in [-0.25, -0.2) is 4.98 Å². The first-order chi connectivity index (χ1) is 9.13. The van der Waals surface area contributed by atoms with E-state index in [9.17, 15) is 4.79 Å². The maximum absolute atomic E-state index is 12.3. The highest BCUT2D eigenvalue weighted by atomic mass is 79.9. The lowest BCUT2D eigenvalue weighted by molar-refractivity contribution is 0.388. The van der Waals surface area contributed by atoms with Gasteiger partial charge in [0.05, 0.1) is 23.8 Å². The summed E-state index contributed by atoms with van der Waals surface area (Å²) in [4.78, 5) is 16.6. The molecule has 96 valence electrons. The molecule has 0 N–H and O–H groups in total. The lowest BCUT2D eigenvalue weighted by Crippen LogP contribution is -2.21. The molecule has 0 saturated carbocycles. The van der Waals surface area contributed by atoms with Crippen LogP contribution in [0.1, 0.15) is 11.5 Å². The predicted octanol–water partition coefficient (Wildman–Crippen LogP) is 2.50. The van der Waals surface area contributed by atoms with Gasteiger partial charge in [-0.05, 0) is 25.1 Å². The Kier molecular flexibility index (Phi) is 2.94. The van der Waals surface area contributed by atoms with E-state index in [1.165, 1.54) is 10.9 Å². The number of rotatable bonds is 2. The highest BCUT2D eigenvalue weighted by Crippen LogP contribution is 2.15. The van der Waals surface area contributed by atoms with Crippen LogP contribution in [-0.2, 0) is 6.54 Å². The number of benzene rings is 1. The van der Waals surface area contributed by atoms with E-state index in [2.05, 4.69) is 26.1 Å². The maximum Gasteiger partial charge on any atom is 0.261 e. The number of hydrogen-bond donors (Lipinski definition) is 0. The van der Waals surface area contributed by atoms with Crippen molar-refractivity contribution in [2.24, 2.45) is 0 Å². The van der Waals surface area contributed by atoms with Crippen LogP contribution >= 0.6 is 15.9 Å². The number of fused-ring (bicyclic) bond motifs is 1. The molecule has 3 aromatic rings. The molecule has 0 unspecified atom stereocenters. The zero-order chi connectivity index (χ0) is 13.4. The second-order valence-electron chi connectivity index (χ2n) is 4.27. The molecule has 0 bridgehead atoms. The molecule has 0 aliphatic heterocycles. The predicted molar refractivity (Wildman–Crippen MR) is 74.0 cm³/mol. The average molecular weight is 320 g/mol. The van der Waals surface area contributed by atoms with Crippen molar-refractivity contribution in [3.05, 3.63) is 56.9 Å². The topological polar surface area (TPSA) is 60.9 Å². The average Bonchev–Trinajstić information content (AvgIpc) is 2.79. The van der Waals surface area contributed by atoms with Gasteiger partial charge in [-0.3, -0.25) is 9.36 Å². The van der Waals surface area contributed by atoms with Gasteiger partial charge in [0.1, 0.15) is 11.5 Å². The molecule has 5 nitrogen and oxygen atoms in total. The van der Waals surface area contributed by atoms with E-state index in [4.69, 9.17) is 4.52 Å². The summed E-state index contributed by atoms with van der Waals surface area (Å²) in [6, 6.07) is 7.25.